The maximum absolute atomic E-state index is 13.9. The van der Waals surface area contributed by atoms with Gasteiger partial charge in [0, 0.05) is 48.4 Å². The predicted octanol–water partition coefficient (Wildman–Crippen LogP) is 3.97. The van der Waals surface area contributed by atoms with Crippen LogP contribution in [0.2, 0.25) is 0 Å². The SMILES string of the molecule is O=C(Nc1nc(-c2cccnc2)cs1)C1CCN(C(=O)c2ccc(F)cc2F)CC1. The molecular weight excluding hydrogens is 410 g/mol. The van der Waals surface area contributed by atoms with Crippen LogP contribution in [0.15, 0.2) is 48.1 Å². The molecule has 0 spiro atoms. The highest BCUT2D eigenvalue weighted by Gasteiger charge is 2.29. The van der Waals surface area contributed by atoms with Crippen molar-refractivity contribution in [1.29, 1.82) is 0 Å². The number of carbonyl (C=O) groups is 2. The number of thiazole rings is 1. The molecule has 1 aliphatic rings. The lowest BCUT2D eigenvalue weighted by molar-refractivity contribution is -0.121. The first-order chi connectivity index (χ1) is 14.5. The number of hydrogen-bond acceptors (Lipinski definition) is 5. The van der Waals surface area contributed by atoms with Gasteiger partial charge in [-0.3, -0.25) is 14.6 Å². The topological polar surface area (TPSA) is 75.2 Å². The largest absolute Gasteiger partial charge is 0.339 e. The second-order valence-electron chi connectivity index (χ2n) is 6.96. The van der Waals surface area contributed by atoms with Crippen molar-refractivity contribution in [3.8, 4) is 11.3 Å². The molecule has 2 amide bonds. The Morgan fingerprint density at radius 1 is 1.17 bits per heavy atom. The van der Waals surface area contributed by atoms with Crippen molar-refractivity contribution in [3.05, 3.63) is 65.3 Å². The molecule has 0 saturated carbocycles. The zero-order chi connectivity index (χ0) is 21.1. The van der Waals surface area contributed by atoms with E-state index in [-0.39, 0.29) is 17.4 Å². The van der Waals surface area contributed by atoms with Crippen molar-refractivity contribution in [3.63, 3.8) is 0 Å². The molecule has 9 heteroatoms. The van der Waals surface area contributed by atoms with Crippen LogP contribution in [0.25, 0.3) is 11.3 Å². The highest BCUT2D eigenvalue weighted by atomic mass is 32.1. The van der Waals surface area contributed by atoms with E-state index in [1.807, 2.05) is 17.5 Å². The second-order valence-corrected chi connectivity index (χ2v) is 7.82. The number of rotatable bonds is 4. The summed E-state index contributed by atoms with van der Waals surface area (Å²) in [5.41, 5.74) is 1.45. The summed E-state index contributed by atoms with van der Waals surface area (Å²) in [6.07, 6.45) is 4.31. The Kier molecular flexibility index (Phi) is 5.80. The monoisotopic (exact) mass is 428 g/mol. The number of carbonyl (C=O) groups excluding carboxylic acids is 2. The third kappa shape index (κ3) is 4.35. The van der Waals surface area contributed by atoms with E-state index in [0.717, 1.165) is 23.4 Å². The van der Waals surface area contributed by atoms with Gasteiger partial charge in [-0.1, -0.05) is 0 Å². The zero-order valence-electron chi connectivity index (χ0n) is 15.8. The first-order valence-corrected chi connectivity index (χ1v) is 10.3. The van der Waals surface area contributed by atoms with E-state index in [1.165, 1.54) is 16.2 Å². The van der Waals surface area contributed by atoms with E-state index in [1.54, 1.807) is 12.4 Å². The molecule has 6 nitrogen and oxygen atoms in total. The molecule has 4 rings (SSSR count). The van der Waals surface area contributed by atoms with Crippen LogP contribution >= 0.6 is 11.3 Å². The van der Waals surface area contributed by atoms with E-state index in [9.17, 15) is 18.4 Å². The fraction of sp³-hybridized carbons (Fsp3) is 0.238. The average Bonchev–Trinajstić information content (AvgIpc) is 3.22. The van der Waals surface area contributed by atoms with Gasteiger partial charge in [-0.25, -0.2) is 13.8 Å². The molecule has 0 radical (unpaired) electrons. The van der Waals surface area contributed by atoms with Crippen molar-refractivity contribution in [2.75, 3.05) is 18.4 Å². The predicted molar refractivity (Wildman–Crippen MR) is 109 cm³/mol. The van der Waals surface area contributed by atoms with Crippen molar-refractivity contribution < 1.29 is 18.4 Å². The van der Waals surface area contributed by atoms with Crippen LogP contribution in [-0.4, -0.2) is 39.8 Å². The Labute approximate surface area is 175 Å². The molecule has 0 unspecified atom stereocenters. The van der Waals surface area contributed by atoms with E-state index in [2.05, 4.69) is 15.3 Å². The molecule has 30 heavy (non-hydrogen) atoms. The Hall–Kier alpha value is -3.20. The lowest BCUT2D eigenvalue weighted by atomic mass is 9.95. The number of nitrogens with one attached hydrogen (secondary N) is 1. The van der Waals surface area contributed by atoms with Gasteiger partial charge in [0.2, 0.25) is 5.91 Å². The van der Waals surface area contributed by atoms with Gasteiger partial charge >= 0.3 is 0 Å². The molecule has 3 heterocycles. The number of amides is 2. The number of aromatic nitrogens is 2. The summed E-state index contributed by atoms with van der Waals surface area (Å²) in [4.78, 5) is 35.1. The fourth-order valence-corrected chi connectivity index (χ4v) is 4.09. The van der Waals surface area contributed by atoms with Crippen molar-refractivity contribution in [2.24, 2.45) is 5.92 Å². The summed E-state index contributed by atoms with van der Waals surface area (Å²) in [7, 11) is 0. The second kappa shape index (κ2) is 8.66. The standard InChI is InChI=1S/C21H18F2N4O2S/c22-15-3-4-16(17(23)10-15)20(29)27-8-5-13(6-9-27)19(28)26-21-25-18(12-30-21)14-2-1-7-24-11-14/h1-4,7,10-13H,5-6,8-9H2,(H,25,26,28). The van der Waals surface area contributed by atoms with Gasteiger partial charge in [0.25, 0.3) is 5.91 Å². The summed E-state index contributed by atoms with van der Waals surface area (Å²) in [5.74, 6) is -2.52. The summed E-state index contributed by atoms with van der Waals surface area (Å²) in [5, 5.41) is 5.19. The Morgan fingerprint density at radius 2 is 1.97 bits per heavy atom. The number of likely N-dealkylation sites (tertiary alicyclic amines) is 1. The summed E-state index contributed by atoms with van der Waals surface area (Å²) in [6, 6.07) is 6.61. The molecule has 2 aromatic heterocycles. The van der Waals surface area contributed by atoms with Crippen molar-refractivity contribution >= 4 is 28.3 Å². The van der Waals surface area contributed by atoms with Gasteiger partial charge in [0.1, 0.15) is 11.6 Å². The Balaban J connectivity index is 1.33. The van der Waals surface area contributed by atoms with E-state index in [4.69, 9.17) is 0 Å². The molecule has 0 aliphatic carbocycles. The van der Waals surface area contributed by atoms with Crippen LogP contribution in [0.3, 0.4) is 0 Å². The van der Waals surface area contributed by atoms with Gasteiger partial charge in [0.15, 0.2) is 5.13 Å². The molecule has 3 aromatic rings. The third-order valence-electron chi connectivity index (χ3n) is 5.01. The minimum atomic E-state index is -0.881. The minimum absolute atomic E-state index is 0.151. The van der Waals surface area contributed by atoms with Crippen molar-refractivity contribution in [1.82, 2.24) is 14.9 Å². The smallest absolute Gasteiger partial charge is 0.256 e. The maximum atomic E-state index is 13.9. The summed E-state index contributed by atoms with van der Waals surface area (Å²) in [6.45, 7) is 0.652. The van der Waals surface area contributed by atoms with Crippen LogP contribution < -0.4 is 5.32 Å². The number of hydrogen-bond donors (Lipinski definition) is 1. The maximum Gasteiger partial charge on any atom is 0.256 e. The average molecular weight is 428 g/mol. The number of benzene rings is 1. The molecule has 0 atom stereocenters. The first-order valence-electron chi connectivity index (χ1n) is 9.42. The lowest BCUT2D eigenvalue weighted by Gasteiger charge is -2.31. The number of halogens is 2. The molecule has 1 N–H and O–H groups in total. The molecule has 0 bridgehead atoms. The molecule has 1 aliphatic heterocycles. The van der Waals surface area contributed by atoms with Gasteiger partial charge in [-0.15, -0.1) is 11.3 Å². The summed E-state index contributed by atoms with van der Waals surface area (Å²) >= 11 is 1.33. The Bertz CT molecular complexity index is 1070. The normalized spacial score (nSPS) is 14.5. The van der Waals surface area contributed by atoms with Crippen LogP contribution in [-0.2, 0) is 4.79 Å². The van der Waals surface area contributed by atoms with Crippen LogP contribution in [0.5, 0.6) is 0 Å². The molecule has 154 valence electrons. The Morgan fingerprint density at radius 3 is 2.67 bits per heavy atom. The first kappa shape index (κ1) is 20.1. The highest BCUT2D eigenvalue weighted by Crippen LogP contribution is 2.26. The minimum Gasteiger partial charge on any atom is -0.339 e. The lowest BCUT2D eigenvalue weighted by Crippen LogP contribution is -2.41. The van der Waals surface area contributed by atoms with E-state index in [0.29, 0.717) is 37.1 Å². The van der Waals surface area contributed by atoms with Gasteiger partial charge in [-0.2, -0.15) is 0 Å². The summed E-state index contributed by atoms with van der Waals surface area (Å²) < 4.78 is 26.9. The van der Waals surface area contributed by atoms with Crippen molar-refractivity contribution in [2.45, 2.75) is 12.8 Å². The number of anilines is 1. The molecule has 1 aromatic carbocycles. The van der Waals surface area contributed by atoms with Gasteiger partial charge in [0.05, 0.1) is 11.3 Å². The van der Waals surface area contributed by atoms with E-state index < -0.39 is 17.5 Å². The third-order valence-corrected chi connectivity index (χ3v) is 5.76. The number of nitrogens with zero attached hydrogens (tertiary/aromatic N) is 3. The molecular formula is C21H18F2N4O2S. The van der Waals surface area contributed by atoms with E-state index >= 15 is 0 Å². The highest BCUT2D eigenvalue weighted by molar-refractivity contribution is 7.14. The molecule has 1 saturated heterocycles. The zero-order valence-corrected chi connectivity index (χ0v) is 16.7. The number of pyridine rings is 1. The molecule has 1 fully saturated rings. The van der Waals surface area contributed by atoms with Gasteiger partial charge < -0.3 is 10.2 Å². The fourth-order valence-electron chi connectivity index (χ4n) is 3.36. The van der Waals surface area contributed by atoms with Crippen LogP contribution in [0.4, 0.5) is 13.9 Å². The number of piperidine rings is 1. The van der Waals surface area contributed by atoms with Crippen LogP contribution in [0.1, 0.15) is 23.2 Å². The van der Waals surface area contributed by atoms with Gasteiger partial charge in [-0.05, 0) is 37.1 Å². The van der Waals surface area contributed by atoms with Crippen LogP contribution in [0, 0.1) is 17.6 Å². The quantitative estimate of drug-likeness (QED) is 0.682.